The molecule has 1 heterocycles. The minimum absolute atomic E-state index is 0.292. The van der Waals surface area contributed by atoms with Crippen LogP contribution in [0.15, 0.2) is 54.6 Å². The van der Waals surface area contributed by atoms with E-state index >= 15 is 0 Å². The van der Waals surface area contributed by atoms with Gasteiger partial charge in [0.05, 0.1) is 18.8 Å². The highest BCUT2D eigenvalue weighted by molar-refractivity contribution is 5.68. The van der Waals surface area contributed by atoms with E-state index in [0.29, 0.717) is 12.1 Å². The predicted molar refractivity (Wildman–Crippen MR) is 90.7 cm³/mol. The van der Waals surface area contributed by atoms with Gasteiger partial charge in [0, 0.05) is 17.8 Å². The number of hydrogen-bond acceptors (Lipinski definition) is 2. The number of rotatable bonds is 2. The van der Waals surface area contributed by atoms with Crippen molar-refractivity contribution in [1.82, 2.24) is 0 Å². The van der Waals surface area contributed by atoms with Gasteiger partial charge in [-0.1, -0.05) is 36.4 Å². The van der Waals surface area contributed by atoms with E-state index in [1.54, 1.807) is 0 Å². The van der Waals surface area contributed by atoms with Gasteiger partial charge < -0.3 is 9.64 Å². The maximum atomic E-state index is 6.16. The monoisotopic (exact) mass is 293 g/mol. The molecule has 2 aliphatic rings. The number of hydrogen-bond donors (Lipinski definition) is 0. The molecule has 2 aromatic rings. The molecule has 0 saturated heterocycles. The normalized spacial score (nSPS) is 25.2. The third-order valence-corrected chi connectivity index (χ3v) is 4.84. The Hall–Kier alpha value is -1.80. The minimum Gasteiger partial charge on any atom is -0.376 e. The molecule has 2 atom stereocenters. The molecule has 0 spiro atoms. The number of fused-ring (bicyclic) bond motifs is 1. The lowest BCUT2D eigenvalue weighted by molar-refractivity contribution is 0.0506. The summed E-state index contributed by atoms with van der Waals surface area (Å²) in [7, 11) is 0. The molecule has 1 aliphatic carbocycles. The first-order chi connectivity index (χ1) is 10.8. The highest BCUT2D eigenvalue weighted by atomic mass is 16.5. The van der Waals surface area contributed by atoms with Gasteiger partial charge in [0.2, 0.25) is 0 Å². The van der Waals surface area contributed by atoms with Crippen LogP contribution < -0.4 is 4.90 Å². The van der Waals surface area contributed by atoms with Crippen LogP contribution in [-0.4, -0.2) is 18.8 Å². The van der Waals surface area contributed by atoms with Crippen molar-refractivity contribution in [2.24, 2.45) is 5.92 Å². The number of anilines is 2. The number of para-hydroxylation sites is 2. The molecule has 0 N–H and O–H groups in total. The largest absolute Gasteiger partial charge is 0.376 e. The molecule has 2 heteroatoms. The zero-order valence-electron chi connectivity index (χ0n) is 13.1. The van der Waals surface area contributed by atoms with E-state index in [4.69, 9.17) is 4.74 Å². The molecule has 1 fully saturated rings. The first-order valence-corrected chi connectivity index (χ1v) is 8.37. The topological polar surface area (TPSA) is 12.5 Å². The van der Waals surface area contributed by atoms with Crippen LogP contribution in [0, 0.1) is 5.92 Å². The summed E-state index contributed by atoms with van der Waals surface area (Å²) in [6.07, 6.45) is 3.93. The first-order valence-electron chi connectivity index (χ1n) is 8.37. The zero-order chi connectivity index (χ0) is 14.9. The van der Waals surface area contributed by atoms with E-state index in [1.165, 1.54) is 29.8 Å². The lowest BCUT2D eigenvalue weighted by atomic mass is 10.0. The molecular formula is C20H23NO. The van der Waals surface area contributed by atoms with Crippen LogP contribution in [0.5, 0.6) is 0 Å². The highest BCUT2D eigenvalue weighted by Crippen LogP contribution is 2.42. The average molecular weight is 293 g/mol. The van der Waals surface area contributed by atoms with Gasteiger partial charge in [0.15, 0.2) is 0 Å². The molecule has 1 saturated carbocycles. The molecule has 0 amide bonds. The number of nitrogens with zero attached hydrogens (tertiary/aromatic N) is 1. The van der Waals surface area contributed by atoms with Gasteiger partial charge in [0.1, 0.15) is 0 Å². The van der Waals surface area contributed by atoms with Crippen LogP contribution in [0.4, 0.5) is 11.4 Å². The Morgan fingerprint density at radius 1 is 0.955 bits per heavy atom. The molecule has 4 rings (SSSR count). The fraction of sp³-hybridized carbons (Fsp3) is 0.400. The van der Waals surface area contributed by atoms with Crippen molar-refractivity contribution < 1.29 is 4.74 Å². The van der Waals surface area contributed by atoms with Crippen molar-refractivity contribution >= 4 is 11.4 Å². The number of benzene rings is 2. The van der Waals surface area contributed by atoms with E-state index in [9.17, 15) is 0 Å². The summed E-state index contributed by atoms with van der Waals surface area (Å²) < 4.78 is 6.16. The van der Waals surface area contributed by atoms with Crippen molar-refractivity contribution in [2.75, 3.05) is 11.5 Å². The Morgan fingerprint density at radius 2 is 1.68 bits per heavy atom. The van der Waals surface area contributed by atoms with E-state index in [2.05, 4.69) is 66.4 Å². The third kappa shape index (κ3) is 2.64. The fourth-order valence-corrected chi connectivity index (χ4v) is 3.55. The Bertz CT molecular complexity index is 635. The predicted octanol–water partition coefficient (Wildman–Crippen LogP) is 4.56. The summed E-state index contributed by atoms with van der Waals surface area (Å²) in [6, 6.07) is 20.1. The summed E-state index contributed by atoms with van der Waals surface area (Å²) in [5, 5.41) is 0. The summed E-state index contributed by atoms with van der Waals surface area (Å²) in [5.74, 6) is 0.763. The van der Waals surface area contributed by atoms with Crippen LogP contribution in [0.2, 0.25) is 0 Å². The fourth-order valence-electron chi connectivity index (χ4n) is 3.55. The second-order valence-electron chi connectivity index (χ2n) is 6.59. The first kappa shape index (κ1) is 13.8. The molecule has 0 radical (unpaired) electrons. The Kier molecular flexibility index (Phi) is 3.63. The maximum Gasteiger partial charge on any atom is 0.0680 e. The molecule has 0 aromatic heterocycles. The van der Waals surface area contributed by atoms with Crippen LogP contribution in [-0.2, 0) is 11.2 Å². The van der Waals surface area contributed by atoms with Gasteiger partial charge in [-0.25, -0.2) is 0 Å². The lowest BCUT2D eigenvalue weighted by Gasteiger charge is -2.38. The van der Waals surface area contributed by atoms with E-state index in [-0.39, 0.29) is 0 Å². The highest BCUT2D eigenvalue weighted by Gasteiger charge is 2.38. The second kappa shape index (κ2) is 5.77. The van der Waals surface area contributed by atoms with Crippen LogP contribution >= 0.6 is 0 Å². The summed E-state index contributed by atoms with van der Waals surface area (Å²) in [5.41, 5.74) is 4.04. The molecular weight excluding hydrogens is 270 g/mol. The van der Waals surface area contributed by atoms with E-state index < -0.39 is 0 Å². The molecule has 2 nitrogen and oxygen atoms in total. The zero-order valence-corrected chi connectivity index (χ0v) is 13.1. The lowest BCUT2D eigenvalue weighted by Crippen LogP contribution is -2.40. The maximum absolute atomic E-state index is 6.16. The van der Waals surface area contributed by atoms with Gasteiger partial charge in [-0.3, -0.25) is 0 Å². The van der Waals surface area contributed by atoms with Gasteiger partial charge >= 0.3 is 0 Å². The SMILES string of the molecule is CC1Cc2ccccc2N(c2ccccc2)C(C2CC2)CO1. The number of ether oxygens (including phenoxy) is 1. The Labute approximate surface area is 132 Å². The van der Waals surface area contributed by atoms with Gasteiger partial charge in [-0.15, -0.1) is 0 Å². The summed E-state index contributed by atoms with van der Waals surface area (Å²) in [6.45, 7) is 3.02. The van der Waals surface area contributed by atoms with Crippen LogP contribution in [0.25, 0.3) is 0 Å². The molecule has 114 valence electrons. The Balaban J connectivity index is 1.83. The smallest absolute Gasteiger partial charge is 0.0680 e. The van der Waals surface area contributed by atoms with E-state index in [0.717, 1.165) is 18.9 Å². The molecule has 2 unspecified atom stereocenters. The van der Waals surface area contributed by atoms with Crippen LogP contribution in [0.3, 0.4) is 0 Å². The van der Waals surface area contributed by atoms with Crippen molar-refractivity contribution in [1.29, 1.82) is 0 Å². The molecule has 2 aromatic carbocycles. The molecule has 22 heavy (non-hydrogen) atoms. The van der Waals surface area contributed by atoms with Crippen molar-refractivity contribution in [3.63, 3.8) is 0 Å². The van der Waals surface area contributed by atoms with Gasteiger partial charge in [0.25, 0.3) is 0 Å². The minimum atomic E-state index is 0.292. The molecule has 0 bridgehead atoms. The van der Waals surface area contributed by atoms with Crippen molar-refractivity contribution in [3.05, 3.63) is 60.2 Å². The standard InChI is InChI=1S/C20H23NO/c1-15-13-17-7-5-6-10-19(17)21(18-8-3-2-4-9-18)20(14-22-15)16-11-12-16/h2-10,15-16,20H,11-14H2,1H3. The molecule has 1 aliphatic heterocycles. The van der Waals surface area contributed by atoms with Crippen molar-refractivity contribution in [3.8, 4) is 0 Å². The summed E-state index contributed by atoms with van der Waals surface area (Å²) >= 11 is 0. The van der Waals surface area contributed by atoms with Gasteiger partial charge in [-0.05, 0) is 49.4 Å². The van der Waals surface area contributed by atoms with Gasteiger partial charge in [-0.2, -0.15) is 0 Å². The summed E-state index contributed by atoms with van der Waals surface area (Å²) in [4.78, 5) is 2.53. The van der Waals surface area contributed by atoms with Crippen molar-refractivity contribution in [2.45, 2.75) is 38.3 Å². The third-order valence-electron chi connectivity index (χ3n) is 4.84. The van der Waals surface area contributed by atoms with E-state index in [1.807, 2.05) is 0 Å². The Morgan fingerprint density at radius 3 is 2.45 bits per heavy atom. The quantitative estimate of drug-likeness (QED) is 0.804. The average Bonchev–Trinajstić information content (AvgIpc) is 3.36. The van der Waals surface area contributed by atoms with Crippen LogP contribution in [0.1, 0.15) is 25.3 Å². The second-order valence-corrected chi connectivity index (χ2v) is 6.59.